The van der Waals surface area contributed by atoms with Gasteiger partial charge in [0.05, 0.1) is 6.10 Å². The highest BCUT2D eigenvalue weighted by molar-refractivity contribution is 5.81. The van der Waals surface area contributed by atoms with Crippen molar-refractivity contribution < 1.29 is 9.53 Å². The van der Waals surface area contributed by atoms with Gasteiger partial charge in [0, 0.05) is 6.08 Å². The van der Waals surface area contributed by atoms with Gasteiger partial charge in [0.2, 0.25) is 0 Å². The fraction of sp³-hybridized carbons (Fsp3) is 0.571. The largest absolute Gasteiger partial charge is 0.460 e. The van der Waals surface area contributed by atoms with E-state index in [0.29, 0.717) is 0 Å². The van der Waals surface area contributed by atoms with Crippen LogP contribution in [0.1, 0.15) is 20.8 Å². The van der Waals surface area contributed by atoms with Crippen LogP contribution in [0.2, 0.25) is 0 Å². The molecule has 0 fully saturated rings. The van der Waals surface area contributed by atoms with Gasteiger partial charge in [-0.05, 0) is 20.8 Å². The summed E-state index contributed by atoms with van der Waals surface area (Å²) in [6, 6.07) is 0. The lowest BCUT2D eigenvalue weighted by Gasteiger charge is -2.02. The van der Waals surface area contributed by atoms with Crippen molar-refractivity contribution in [3.63, 3.8) is 0 Å². The van der Waals surface area contributed by atoms with Gasteiger partial charge in [0.25, 0.3) is 0 Å². The quantitative estimate of drug-likeness (QED) is 0.416. The maximum atomic E-state index is 10.5. The number of esters is 1. The minimum Gasteiger partial charge on any atom is -0.460 e. The van der Waals surface area contributed by atoms with Gasteiger partial charge in [-0.15, -0.1) is 0 Å². The molecule has 0 aliphatic carbocycles. The summed E-state index contributed by atoms with van der Waals surface area (Å²) in [5.41, 5.74) is 0. The maximum absolute atomic E-state index is 10.5. The zero-order chi connectivity index (χ0) is 7.28. The van der Waals surface area contributed by atoms with E-state index in [1.165, 1.54) is 6.08 Å². The Labute approximate surface area is 55.5 Å². The first-order chi connectivity index (χ1) is 4.16. The van der Waals surface area contributed by atoms with Gasteiger partial charge in [-0.1, -0.05) is 6.08 Å². The van der Waals surface area contributed by atoms with Gasteiger partial charge in [-0.25, -0.2) is 4.79 Å². The molecule has 0 spiro atoms. The molecule has 0 aromatic heterocycles. The van der Waals surface area contributed by atoms with Crippen LogP contribution in [0, 0.1) is 0 Å². The number of ether oxygens (including phenoxy) is 1. The molecule has 0 N–H and O–H groups in total. The molecule has 2 heteroatoms. The number of carbonyl (C=O) groups excluding carboxylic acids is 1. The van der Waals surface area contributed by atoms with E-state index in [-0.39, 0.29) is 12.1 Å². The van der Waals surface area contributed by atoms with E-state index >= 15 is 0 Å². The Hall–Kier alpha value is -0.790. The first-order valence-electron chi connectivity index (χ1n) is 3.00. The third-order valence-corrected chi connectivity index (χ3v) is 0.655. The molecule has 0 bridgehead atoms. The van der Waals surface area contributed by atoms with Crippen molar-refractivity contribution in [1.82, 2.24) is 0 Å². The second-order valence-electron chi connectivity index (χ2n) is 1.99. The Bertz CT molecular complexity index is 114. The molecular weight excluding hydrogens is 116 g/mol. The van der Waals surface area contributed by atoms with Crippen molar-refractivity contribution in [3.05, 3.63) is 12.2 Å². The van der Waals surface area contributed by atoms with Crippen LogP contribution >= 0.6 is 0 Å². The molecule has 0 aromatic carbocycles. The van der Waals surface area contributed by atoms with E-state index < -0.39 is 0 Å². The highest BCUT2D eigenvalue weighted by atomic mass is 16.5. The monoisotopic (exact) mass is 128 g/mol. The Kier molecular flexibility index (Phi) is 3.76. The minimum absolute atomic E-state index is 0.0197. The second kappa shape index (κ2) is 4.13. The van der Waals surface area contributed by atoms with Gasteiger partial charge in [0.15, 0.2) is 0 Å². The van der Waals surface area contributed by atoms with Crippen molar-refractivity contribution in [1.29, 1.82) is 0 Å². The van der Waals surface area contributed by atoms with E-state index in [1.54, 1.807) is 13.0 Å². The number of hydrogen-bond acceptors (Lipinski definition) is 2. The second-order valence-corrected chi connectivity index (χ2v) is 1.99. The van der Waals surface area contributed by atoms with Crippen molar-refractivity contribution in [2.24, 2.45) is 0 Å². The van der Waals surface area contributed by atoms with Gasteiger partial charge in [-0.3, -0.25) is 0 Å². The Balaban J connectivity index is 3.51. The third-order valence-electron chi connectivity index (χ3n) is 0.655. The lowest BCUT2D eigenvalue weighted by molar-refractivity contribution is -0.141. The molecule has 2 nitrogen and oxygen atoms in total. The molecule has 0 atom stereocenters. The molecule has 0 aromatic rings. The highest BCUT2D eigenvalue weighted by Gasteiger charge is 1.97. The molecule has 0 saturated carbocycles. The SMILES string of the molecule is C/C=C\C(=O)OC(C)C. The molecule has 0 rings (SSSR count). The number of hydrogen-bond donors (Lipinski definition) is 0. The molecule has 0 radical (unpaired) electrons. The normalized spacial score (nSPS) is 10.7. The summed E-state index contributed by atoms with van der Waals surface area (Å²) >= 11 is 0. The van der Waals surface area contributed by atoms with E-state index in [0.717, 1.165) is 0 Å². The lowest BCUT2D eigenvalue weighted by atomic mass is 10.4. The summed E-state index contributed by atoms with van der Waals surface area (Å²) in [6.45, 7) is 5.42. The standard InChI is InChI=1S/C7H12O2/c1-4-5-7(8)9-6(2)3/h4-6H,1-3H3/b5-4-. The average molecular weight is 128 g/mol. The van der Waals surface area contributed by atoms with E-state index in [4.69, 9.17) is 4.74 Å². The molecule has 0 saturated heterocycles. The summed E-state index contributed by atoms with van der Waals surface area (Å²) in [5.74, 6) is -0.271. The Morgan fingerprint density at radius 1 is 1.56 bits per heavy atom. The summed E-state index contributed by atoms with van der Waals surface area (Å²) in [5, 5.41) is 0. The lowest BCUT2D eigenvalue weighted by Crippen LogP contribution is -2.07. The number of rotatable bonds is 2. The number of allylic oxidation sites excluding steroid dienone is 1. The number of carbonyl (C=O) groups is 1. The zero-order valence-corrected chi connectivity index (χ0v) is 6.05. The molecule has 0 amide bonds. The van der Waals surface area contributed by atoms with Crippen LogP contribution in [0.4, 0.5) is 0 Å². The van der Waals surface area contributed by atoms with Crippen LogP contribution in [0.5, 0.6) is 0 Å². The first kappa shape index (κ1) is 8.21. The van der Waals surface area contributed by atoms with E-state index in [2.05, 4.69) is 0 Å². The predicted octanol–water partition coefficient (Wildman–Crippen LogP) is 1.51. The summed E-state index contributed by atoms with van der Waals surface area (Å²) < 4.78 is 4.76. The van der Waals surface area contributed by atoms with Crippen LogP contribution in [0.3, 0.4) is 0 Å². The summed E-state index contributed by atoms with van der Waals surface area (Å²) in [4.78, 5) is 10.5. The van der Waals surface area contributed by atoms with Crippen LogP contribution in [0.15, 0.2) is 12.2 Å². The van der Waals surface area contributed by atoms with Gasteiger partial charge in [-0.2, -0.15) is 0 Å². The van der Waals surface area contributed by atoms with Crippen LogP contribution < -0.4 is 0 Å². The van der Waals surface area contributed by atoms with Gasteiger partial charge >= 0.3 is 5.97 Å². The fourth-order valence-corrected chi connectivity index (χ4v) is 0.408. The molecule has 0 unspecified atom stereocenters. The van der Waals surface area contributed by atoms with Crippen molar-refractivity contribution in [2.45, 2.75) is 26.9 Å². The molecule has 0 aliphatic heterocycles. The van der Waals surface area contributed by atoms with Crippen LogP contribution in [-0.2, 0) is 9.53 Å². The maximum Gasteiger partial charge on any atom is 0.330 e. The Morgan fingerprint density at radius 3 is 2.44 bits per heavy atom. The molecule has 9 heavy (non-hydrogen) atoms. The van der Waals surface area contributed by atoms with Crippen molar-refractivity contribution in [2.75, 3.05) is 0 Å². The van der Waals surface area contributed by atoms with Crippen molar-refractivity contribution >= 4 is 5.97 Å². The smallest absolute Gasteiger partial charge is 0.330 e. The average Bonchev–Trinajstić information content (AvgIpc) is 1.63. The van der Waals surface area contributed by atoms with Crippen molar-refractivity contribution in [3.8, 4) is 0 Å². The summed E-state index contributed by atoms with van der Waals surface area (Å²) in [7, 11) is 0. The summed E-state index contributed by atoms with van der Waals surface area (Å²) in [6.07, 6.45) is 3.04. The van der Waals surface area contributed by atoms with Gasteiger partial charge < -0.3 is 4.74 Å². The first-order valence-corrected chi connectivity index (χ1v) is 3.00. The van der Waals surface area contributed by atoms with E-state index in [9.17, 15) is 4.79 Å². The Morgan fingerprint density at radius 2 is 2.11 bits per heavy atom. The fourth-order valence-electron chi connectivity index (χ4n) is 0.408. The highest BCUT2D eigenvalue weighted by Crippen LogP contribution is 1.89. The van der Waals surface area contributed by atoms with Gasteiger partial charge in [0.1, 0.15) is 0 Å². The predicted molar refractivity (Wildman–Crippen MR) is 36.0 cm³/mol. The zero-order valence-electron chi connectivity index (χ0n) is 6.05. The van der Waals surface area contributed by atoms with E-state index in [1.807, 2.05) is 13.8 Å². The van der Waals surface area contributed by atoms with Crippen LogP contribution in [0.25, 0.3) is 0 Å². The molecular formula is C7H12O2. The molecule has 52 valence electrons. The molecule has 0 heterocycles. The minimum atomic E-state index is -0.271. The van der Waals surface area contributed by atoms with Crippen LogP contribution in [-0.4, -0.2) is 12.1 Å². The molecule has 0 aliphatic rings. The topological polar surface area (TPSA) is 26.3 Å². The third kappa shape index (κ3) is 5.07.